The number of nitrogens with zero attached hydrogens (tertiary/aromatic N) is 1. The van der Waals surface area contributed by atoms with Crippen LogP contribution < -0.4 is 5.32 Å². The van der Waals surface area contributed by atoms with E-state index in [0.717, 1.165) is 24.3 Å². The number of aryl methyl sites for hydroxylation is 1. The Morgan fingerprint density at radius 1 is 1.33 bits per heavy atom. The van der Waals surface area contributed by atoms with Crippen LogP contribution in [0.25, 0.3) is 11.1 Å². The highest BCUT2D eigenvalue weighted by Crippen LogP contribution is 2.28. The van der Waals surface area contributed by atoms with Gasteiger partial charge in [-0.3, -0.25) is 0 Å². The van der Waals surface area contributed by atoms with Gasteiger partial charge in [-0.2, -0.15) is 0 Å². The maximum absolute atomic E-state index is 5.45. The molecule has 0 saturated carbocycles. The summed E-state index contributed by atoms with van der Waals surface area (Å²) in [6.45, 7) is 3.25. The van der Waals surface area contributed by atoms with Crippen molar-refractivity contribution in [2.24, 2.45) is 0 Å². The van der Waals surface area contributed by atoms with Crippen molar-refractivity contribution in [1.29, 1.82) is 0 Å². The fraction of sp³-hybridized carbons (Fsp3) is 0.400. The Morgan fingerprint density at radius 2 is 2.22 bits per heavy atom. The lowest BCUT2D eigenvalue weighted by Crippen LogP contribution is -2.23. The molecule has 2 aromatic rings. The molecule has 1 N–H and O–H groups in total. The van der Waals surface area contributed by atoms with Crippen molar-refractivity contribution in [3.05, 3.63) is 41.8 Å². The molecule has 1 aliphatic rings. The van der Waals surface area contributed by atoms with Crippen molar-refractivity contribution in [3.8, 4) is 11.1 Å². The molecule has 3 rings (SSSR count). The van der Waals surface area contributed by atoms with Gasteiger partial charge in [0.2, 0.25) is 0 Å². The highest BCUT2D eigenvalue weighted by molar-refractivity contribution is 5.68. The minimum absolute atomic E-state index is 0.542. The Bertz CT molecular complexity index is 527. The third-order valence-electron chi connectivity index (χ3n) is 3.67. The van der Waals surface area contributed by atoms with E-state index >= 15 is 0 Å². The van der Waals surface area contributed by atoms with Gasteiger partial charge in [-0.05, 0) is 37.4 Å². The molecule has 1 saturated heterocycles. The Balaban J connectivity index is 1.89. The van der Waals surface area contributed by atoms with Crippen molar-refractivity contribution >= 4 is 0 Å². The standard InChI is InChI=1S/C15H18N2O/c1-11-5-2-3-7-13(11)14-10-17-18-15(14)9-12-6-4-8-16-12/h2-3,5,7,10,12,16H,4,6,8-9H2,1H3. The van der Waals surface area contributed by atoms with Gasteiger partial charge in [0.25, 0.3) is 0 Å². The molecule has 1 aliphatic heterocycles. The Morgan fingerprint density at radius 3 is 3.00 bits per heavy atom. The zero-order chi connectivity index (χ0) is 12.4. The second-order valence-corrected chi connectivity index (χ2v) is 4.97. The maximum Gasteiger partial charge on any atom is 0.146 e. The Kier molecular flexibility index (Phi) is 3.15. The molecule has 94 valence electrons. The summed E-state index contributed by atoms with van der Waals surface area (Å²) in [5.74, 6) is 1.00. The topological polar surface area (TPSA) is 38.1 Å². The zero-order valence-electron chi connectivity index (χ0n) is 10.6. The van der Waals surface area contributed by atoms with E-state index in [2.05, 4.69) is 41.7 Å². The number of nitrogens with one attached hydrogen (secondary N) is 1. The summed E-state index contributed by atoms with van der Waals surface area (Å²) in [5.41, 5.74) is 3.63. The molecule has 2 heterocycles. The zero-order valence-corrected chi connectivity index (χ0v) is 10.6. The first-order valence-corrected chi connectivity index (χ1v) is 6.57. The van der Waals surface area contributed by atoms with Gasteiger partial charge in [-0.1, -0.05) is 29.4 Å². The second kappa shape index (κ2) is 4.94. The summed E-state index contributed by atoms with van der Waals surface area (Å²) in [7, 11) is 0. The molecular weight excluding hydrogens is 224 g/mol. The first-order valence-electron chi connectivity index (χ1n) is 6.57. The van der Waals surface area contributed by atoms with E-state index in [-0.39, 0.29) is 0 Å². The van der Waals surface area contributed by atoms with Crippen LogP contribution in [0.1, 0.15) is 24.2 Å². The first kappa shape index (κ1) is 11.5. The van der Waals surface area contributed by atoms with Crippen molar-refractivity contribution < 1.29 is 4.52 Å². The van der Waals surface area contributed by atoms with Crippen LogP contribution in [0.4, 0.5) is 0 Å². The quantitative estimate of drug-likeness (QED) is 0.899. The van der Waals surface area contributed by atoms with Gasteiger partial charge in [0.05, 0.1) is 6.20 Å². The van der Waals surface area contributed by atoms with Crippen molar-refractivity contribution in [1.82, 2.24) is 10.5 Å². The summed E-state index contributed by atoms with van der Waals surface area (Å²) in [5, 5.41) is 7.48. The maximum atomic E-state index is 5.45. The van der Waals surface area contributed by atoms with Gasteiger partial charge in [-0.15, -0.1) is 0 Å². The second-order valence-electron chi connectivity index (χ2n) is 4.97. The van der Waals surface area contributed by atoms with Gasteiger partial charge in [-0.25, -0.2) is 0 Å². The number of hydrogen-bond acceptors (Lipinski definition) is 3. The van der Waals surface area contributed by atoms with E-state index in [4.69, 9.17) is 4.52 Å². The van der Waals surface area contributed by atoms with Crippen LogP contribution in [0.5, 0.6) is 0 Å². The fourth-order valence-electron chi connectivity index (χ4n) is 2.66. The molecule has 1 unspecified atom stereocenters. The molecule has 0 aliphatic carbocycles. The molecule has 0 bridgehead atoms. The van der Waals surface area contributed by atoms with Crippen LogP contribution in [0.15, 0.2) is 35.0 Å². The predicted molar refractivity (Wildman–Crippen MR) is 71.4 cm³/mol. The molecule has 18 heavy (non-hydrogen) atoms. The summed E-state index contributed by atoms with van der Waals surface area (Å²) in [6, 6.07) is 8.92. The number of hydrogen-bond donors (Lipinski definition) is 1. The monoisotopic (exact) mass is 242 g/mol. The molecule has 3 heteroatoms. The Labute approximate surface area is 107 Å². The van der Waals surface area contributed by atoms with Crippen molar-refractivity contribution in [2.75, 3.05) is 6.54 Å². The van der Waals surface area contributed by atoms with Gasteiger partial charge < -0.3 is 9.84 Å². The molecule has 3 nitrogen and oxygen atoms in total. The summed E-state index contributed by atoms with van der Waals surface area (Å²) < 4.78 is 5.45. The van der Waals surface area contributed by atoms with Crippen LogP contribution in [0.3, 0.4) is 0 Å². The first-order chi connectivity index (χ1) is 8.84. The SMILES string of the molecule is Cc1ccccc1-c1cnoc1CC1CCCN1. The van der Waals surface area contributed by atoms with E-state index in [1.807, 2.05) is 6.20 Å². The van der Waals surface area contributed by atoms with Crippen LogP contribution in [-0.4, -0.2) is 17.7 Å². The van der Waals surface area contributed by atoms with Gasteiger partial charge in [0.1, 0.15) is 5.76 Å². The third kappa shape index (κ3) is 2.18. The van der Waals surface area contributed by atoms with E-state index in [1.54, 1.807) is 0 Å². The van der Waals surface area contributed by atoms with Crippen LogP contribution in [0, 0.1) is 6.92 Å². The molecule has 0 spiro atoms. The van der Waals surface area contributed by atoms with E-state index in [0.29, 0.717) is 6.04 Å². The van der Waals surface area contributed by atoms with Crippen LogP contribution in [-0.2, 0) is 6.42 Å². The normalized spacial score (nSPS) is 19.3. The third-order valence-corrected chi connectivity index (χ3v) is 3.67. The average Bonchev–Trinajstić information content (AvgIpc) is 3.02. The molecular formula is C15H18N2O. The van der Waals surface area contributed by atoms with E-state index in [9.17, 15) is 0 Å². The van der Waals surface area contributed by atoms with E-state index < -0.39 is 0 Å². The van der Waals surface area contributed by atoms with Gasteiger partial charge in [0, 0.05) is 18.0 Å². The largest absolute Gasteiger partial charge is 0.361 e. The molecule has 1 atom stereocenters. The summed E-state index contributed by atoms with van der Waals surface area (Å²) >= 11 is 0. The lowest BCUT2D eigenvalue weighted by atomic mass is 9.98. The van der Waals surface area contributed by atoms with Gasteiger partial charge in [0.15, 0.2) is 0 Å². The molecule has 0 amide bonds. The lowest BCUT2D eigenvalue weighted by Gasteiger charge is -2.09. The average molecular weight is 242 g/mol. The van der Waals surface area contributed by atoms with Gasteiger partial charge >= 0.3 is 0 Å². The predicted octanol–water partition coefficient (Wildman–Crippen LogP) is 2.94. The lowest BCUT2D eigenvalue weighted by molar-refractivity contribution is 0.370. The summed E-state index contributed by atoms with van der Waals surface area (Å²) in [6.07, 6.45) is 5.27. The number of benzene rings is 1. The number of rotatable bonds is 3. The smallest absolute Gasteiger partial charge is 0.146 e. The van der Waals surface area contributed by atoms with Crippen LogP contribution in [0.2, 0.25) is 0 Å². The minimum atomic E-state index is 0.542. The molecule has 1 aromatic heterocycles. The van der Waals surface area contributed by atoms with Crippen molar-refractivity contribution in [3.63, 3.8) is 0 Å². The summed E-state index contributed by atoms with van der Waals surface area (Å²) in [4.78, 5) is 0. The number of aromatic nitrogens is 1. The molecule has 1 fully saturated rings. The highest BCUT2D eigenvalue weighted by Gasteiger charge is 2.20. The minimum Gasteiger partial charge on any atom is -0.361 e. The molecule has 0 radical (unpaired) electrons. The Hall–Kier alpha value is -1.61. The molecule has 1 aromatic carbocycles. The fourth-order valence-corrected chi connectivity index (χ4v) is 2.66. The van der Waals surface area contributed by atoms with E-state index in [1.165, 1.54) is 24.0 Å². The van der Waals surface area contributed by atoms with Crippen LogP contribution >= 0.6 is 0 Å². The highest BCUT2D eigenvalue weighted by atomic mass is 16.5. The van der Waals surface area contributed by atoms with Crippen molar-refractivity contribution in [2.45, 2.75) is 32.2 Å².